The van der Waals surface area contributed by atoms with Crippen molar-refractivity contribution in [1.82, 2.24) is 19.6 Å². The van der Waals surface area contributed by atoms with Gasteiger partial charge in [-0.15, -0.1) is 0 Å². The molecule has 4 atom stereocenters. The van der Waals surface area contributed by atoms with E-state index in [4.69, 9.17) is 44.1 Å². The van der Waals surface area contributed by atoms with Crippen LogP contribution in [0.1, 0.15) is 94.3 Å². The molecule has 0 radical (unpaired) electrons. The largest absolute Gasteiger partial charge is 0.492 e. The number of nitrogens with two attached hydrogens (primary N) is 2. The predicted octanol–water partition coefficient (Wildman–Crippen LogP) is 6.13. The molecule has 5 aliphatic heterocycles. The molecule has 4 aromatic rings. The van der Waals surface area contributed by atoms with Crippen LogP contribution in [0.2, 0.25) is 10.0 Å². The average molecular weight is 966 g/mol. The lowest BCUT2D eigenvalue weighted by atomic mass is 9.67. The molecular weight excluding hydrogens is 912 g/mol. The quantitative estimate of drug-likeness (QED) is 0.130. The first-order valence-corrected chi connectivity index (χ1v) is 24.2. The van der Waals surface area contributed by atoms with Crippen LogP contribution in [0, 0.1) is 0 Å². The number of aliphatic hydroxyl groups is 2. The highest BCUT2D eigenvalue weighted by Gasteiger charge is 2.72. The maximum atomic E-state index is 14.3. The number of halogens is 2. The molecule has 16 nitrogen and oxygen atoms in total. The Morgan fingerprint density at radius 1 is 0.588 bits per heavy atom. The van der Waals surface area contributed by atoms with Crippen molar-refractivity contribution in [2.45, 2.75) is 98.8 Å². The third kappa shape index (κ3) is 7.16. The number of amides is 6. The summed E-state index contributed by atoms with van der Waals surface area (Å²) in [4.78, 5) is 62.5. The lowest BCUT2D eigenvalue weighted by Crippen LogP contribution is -2.88. The van der Waals surface area contributed by atoms with E-state index in [9.17, 15) is 29.4 Å². The number of ether oxygens (including phenoxy) is 2. The number of piperazine rings is 1. The van der Waals surface area contributed by atoms with E-state index >= 15 is 0 Å². The second-order valence-electron chi connectivity index (χ2n) is 19.7. The normalized spacial score (nSPS) is 25.8. The fraction of sp³-hybridized carbons (Fsp3) is 0.440. The van der Waals surface area contributed by atoms with Crippen molar-refractivity contribution in [3.05, 3.63) is 116 Å². The van der Waals surface area contributed by atoms with Crippen molar-refractivity contribution in [2.75, 3.05) is 50.0 Å². The highest BCUT2D eigenvalue weighted by molar-refractivity contribution is 6.31. The number of hydrogen-bond donors (Lipinski definition) is 6. The molecule has 7 aliphatic rings. The summed E-state index contributed by atoms with van der Waals surface area (Å²) in [5.41, 5.74) is 13.2. The Kier molecular flexibility index (Phi) is 10.9. The minimum absolute atomic E-state index is 0.152. The van der Waals surface area contributed by atoms with Crippen LogP contribution < -0.4 is 31.6 Å². The highest BCUT2D eigenvalue weighted by atomic mass is 35.5. The molecule has 18 heteroatoms. The summed E-state index contributed by atoms with van der Waals surface area (Å²) >= 11 is 13.1. The second-order valence-corrected chi connectivity index (χ2v) is 20.6. The average Bonchev–Trinajstić information content (AvgIpc) is 3.86. The molecular formula is C50H54Cl2N8O8. The van der Waals surface area contributed by atoms with Crippen molar-refractivity contribution >= 4 is 58.5 Å². The van der Waals surface area contributed by atoms with Gasteiger partial charge >= 0.3 is 12.1 Å². The first-order chi connectivity index (χ1) is 32.7. The number of rotatable bonds is 6. The number of anilines is 2. The highest BCUT2D eigenvalue weighted by Crippen LogP contribution is 2.56. The summed E-state index contributed by atoms with van der Waals surface area (Å²) in [5.74, 6) is 1.25. The van der Waals surface area contributed by atoms with Crippen molar-refractivity contribution in [3.63, 3.8) is 0 Å². The number of hydrogen-bond acceptors (Lipinski definition) is 10. The van der Waals surface area contributed by atoms with Gasteiger partial charge in [0, 0.05) is 93.8 Å². The number of urea groups is 2. The molecule has 2 spiro atoms. The monoisotopic (exact) mass is 964 g/mol. The van der Waals surface area contributed by atoms with Gasteiger partial charge in [-0.1, -0.05) is 47.5 Å². The number of nitrogens with zero attached hydrogens (tertiary/aromatic N) is 4. The van der Waals surface area contributed by atoms with E-state index in [1.54, 1.807) is 34.1 Å². The Hall–Kier alpha value is -5.62. The maximum absolute atomic E-state index is 14.3. The molecule has 68 heavy (non-hydrogen) atoms. The molecule has 2 saturated carbocycles. The molecule has 5 fully saturated rings. The van der Waals surface area contributed by atoms with E-state index in [1.165, 1.54) is 21.9 Å². The zero-order valence-electron chi connectivity index (χ0n) is 37.4. The summed E-state index contributed by atoms with van der Waals surface area (Å²) in [7, 11) is 0. The molecule has 8 N–H and O–H groups in total. The van der Waals surface area contributed by atoms with Crippen LogP contribution in [-0.4, -0.2) is 117 Å². The lowest BCUT2D eigenvalue weighted by Gasteiger charge is -2.70. The van der Waals surface area contributed by atoms with E-state index in [2.05, 4.69) is 22.8 Å². The molecule has 2 aliphatic carbocycles. The summed E-state index contributed by atoms with van der Waals surface area (Å²) in [6.07, 6.45) is 3.75. The summed E-state index contributed by atoms with van der Waals surface area (Å²) in [6.45, 7) is 3.93. The number of benzene rings is 4. The van der Waals surface area contributed by atoms with Gasteiger partial charge < -0.3 is 51.6 Å². The topological polar surface area (TPSA) is 216 Å². The van der Waals surface area contributed by atoms with Gasteiger partial charge in [0.25, 0.3) is 11.8 Å². The van der Waals surface area contributed by atoms with Crippen molar-refractivity contribution < 1.29 is 38.9 Å². The summed E-state index contributed by atoms with van der Waals surface area (Å²) < 4.78 is 12.1. The van der Waals surface area contributed by atoms with Crippen molar-refractivity contribution in [2.24, 2.45) is 11.5 Å². The summed E-state index contributed by atoms with van der Waals surface area (Å²) in [6, 6.07) is 18.1. The third-order valence-electron chi connectivity index (χ3n) is 16.1. The van der Waals surface area contributed by atoms with Gasteiger partial charge in [-0.25, -0.2) is 9.59 Å². The Morgan fingerprint density at radius 3 is 1.34 bits per heavy atom. The zero-order valence-corrected chi connectivity index (χ0v) is 39.0. The van der Waals surface area contributed by atoms with Crippen LogP contribution >= 0.6 is 23.2 Å². The zero-order chi connectivity index (χ0) is 47.3. The van der Waals surface area contributed by atoms with Crippen LogP contribution in [0.3, 0.4) is 0 Å². The van der Waals surface area contributed by atoms with Crippen molar-refractivity contribution in [1.29, 1.82) is 0 Å². The molecule has 3 saturated heterocycles. The number of nitrogens with one attached hydrogen (secondary N) is 2. The molecule has 0 unspecified atom stereocenters. The number of carbonyl (C=O) groups is 4. The smallest absolute Gasteiger partial charge is 0.324 e. The van der Waals surface area contributed by atoms with Gasteiger partial charge in [0.2, 0.25) is 0 Å². The summed E-state index contributed by atoms with van der Waals surface area (Å²) in [5, 5.41) is 30.6. The van der Waals surface area contributed by atoms with Gasteiger partial charge in [0.15, 0.2) is 11.4 Å². The fourth-order valence-electron chi connectivity index (χ4n) is 12.0. The molecule has 5 heterocycles. The Bertz CT molecular complexity index is 2580. The lowest BCUT2D eigenvalue weighted by molar-refractivity contribution is -0.331. The Morgan fingerprint density at radius 2 is 0.985 bits per heavy atom. The number of fused-ring (bicyclic) bond motifs is 6. The predicted molar refractivity (Wildman–Crippen MR) is 254 cm³/mol. The van der Waals surface area contributed by atoms with E-state index in [-0.39, 0.29) is 56.9 Å². The van der Waals surface area contributed by atoms with Crippen LogP contribution in [0.5, 0.6) is 11.5 Å². The molecule has 6 amide bonds. The number of likely N-dealkylation sites (tertiary alicyclic amines) is 2. The Labute approximate surface area is 403 Å². The van der Waals surface area contributed by atoms with E-state index in [0.29, 0.717) is 102 Å². The maximum Gasteiger partial charge on any atom is 0.324 e. The molecule has 11 rings (SSSR count). The first-order valence-electron chi connectivity index (χ1n) is 23.4. The third-order valence-corrected chi connectivity index (χ3v) is 16.5. The van der Waals surface area contributed by atoms with E-state index in [0.717, 1.165) is 33.8 Å². The molecule has 4 aromatic carbocycles. The van der Waals surface area contributed by atoms with Crippen LogP contribution in [-0.2, 0) is 23.9 Å². The molecule has 0 bridgehead atoms. The van der Waals surface area contributed by atoms with E-state index in [1.807, 2.05) is 24.3 Å². The minimum atomic E-state index is -1.81. The fourth-order valence-corrected chi connectivity index (χ4v) is 12.4. The molecule has 356 valence electrons. The second kappa shape index (κ2) is 16.5. The van der Waals surface area contributed by atoms with Crippen molar-refractivity contribution in [3.8, 4) is 11.5 Å². The van der Waals surface area contributed by atoms with E-state index < -0.39 is 35.6 Å². The van der Waals surface area contributed by atoms with Gasteiger partial charge in [0.05, 0.1) is 25.3 Å². The first kappa shape index (κ1) is 44.9. The number of carbonyl (C=O) groups excluding carboxylic acids is 4. The van der Waals surface area contributed by atoms with Crippen LogP contribution in [0.15, 0.2) is 72.8 Å². The standard InChI is InChI=1S/C50H54Cl2N8O8/c51-33-19-31(43(61)57-13-9-47(10-14-57)27-67-39-3-1-29(25-53)17-37(39)47)21-35(23-33)55-45(63)59-41-5-8-50(41,66)60(42-6-7-49(42,59)65)46(64)56-36-22-32(20-34(52)24-36)44(62)58-15-11-48(12-16-58)28-68-40-4-2-30(26-54)18-38(40)48/h1-4,17-24,41-42,65-66H,5-16,25-28,53-54H2,(H,55,63)(H,56,64)/t41-,42-,49-,50-/m0/s1. The number of piperidine rings is 2. The van der Waals surface area contributed by atoms with Gasteiger partial charge in [-0.3, -0.25) is 19.4 Å². The van der Waals surface area contributed by atoms with Gasteiger partial charge in [-0.05, 0) is 111 Å². The van der Waals surface area contributed by atoms with Crippen LogP contribution in [0.4, 0.5) is 21.0 Å². The SMILES string of the molecule is NCc1ccc2c(c1)C1(CCN(C(=O)c3cc(Cl)cc(NC(=O)N4[C@H]5CC[C@@]5(O)N(C(=O)Nc5cc(Cl)cc(C(=O)N6CCC7(CC6)COc6ccc(CN)cc67)c5)[C@H]5CC[C@]54O)c3)CC1)CO2. The van der Waals surface area contributed by atoms with Gasteiger partial charge in [-0.2, -0.15) is 0 Å². The Balaban J connectivity index is 0.751. The van der Waals surface area contributed by atoms with Gasteiger partial charge in [0.1, 0.15) is 11.5 Å². The molecule has 0 aromatic heterocycles. The minimum Gasteiger partial charge on any atom is -0.492 e. The van der Waals surface area contributed by atoms with Crippen LogP contribution in [0.25, 0.3) is 0 Å².